The highest BCUT2D eigenvalue weighted by Crippen LogP contribution is 2.15. The lowest BCUT2D eigenvalue weighted by Gasteiger charge is -2.17. The van der Waals surface area contributed by atoms with Crippen molar-refractivity contribution in [2.45, 2.75) is 19.4 Å². The van der Waals surface area contributed by atoms with Gasteiger partial charge in [0.15, 0.2) is 0 Å². The average Bonchev–Trinajstić information content (AvgIpc) is 2.65. The van der Waals surface area contributed by atoms with Crippen molar-refractivity contribution in [3.8, 4) is 0 Å². The molecule has 1 heterocycles. The number of anilines is 1. The van der Waals surface area contributed by atoms with Crippen LogP contribution in [0.3, 0.4) is 0 Å². The Morgan fingerprint density at radius 1 is 1.19 bits per heavy atom. The molecule has 0 radical (unpaired) electrons. The molecule has 0 spiro atoms. The number of hydrogen-bond acceptors (Lipinski definition) is 8. The van der Waals surface area contributed by atoms with Gasteiger partial charge in [-0.2, -0.15) is 0 Å². The molecule has 10 heteroatoms. The number of esters is 1. The van der Waals surface area contributed by atoms with Gasteiger partial charge in [-0.25, -0.2) is 9.78 Å². The van der Waals surface area contributed by atoms with Crippen LogP contribution in [0, 0.1) is 20.2 Å². The molecule has 0 aliphatic rings. The first kappa shape index (κ1) is 18.8. The van der Waals surface area contributed by atoms with Crippen molar-refractivity contribution in [3.63, 3.8) is 0 Å². The van der Waals surface area contributed by atoms with E-state index in [0.29, 0.717) is 12.2 Å². The van der Waals surface area contributed by atoms with Crippen molar-refractivity contribution in [2.75, 3.05) is 11.9 Å². The van der Waals surface area contributed by atoms with Crippen LogP contribution in [0.25, 0.3) is 0 Å². The molecule has 2 rings (SSSR count). The van der Waals surface area contributed by atoms with Crippen LogP contribution in [0.5, 0.6) is 0 Å². The Balaban J connectivity index is 1.95. The number of nitrogens with one attached hydrogen (secondary N) is 1. The van der Waals surface area contributed by atoms with Crippen LogP contribution in [-0.2, 0) is 4.74 Å². The number of carbonyl (C=O) groups is 1. The van der Waals surface area contributed by atoms with Crippen LogP contribution in [0.15, 0.2) is 42.6 Å². The molecule has 0 bridgehead atoms. The predicted octanol–water partition coefficient (Wildman–Crippen LogP) is 2.95. The molecule has 0 aliphatic heterocycles. The molecule has 0 amide bonds. The molecule has 26 heavy (non-hydrogen) atoms. The second-order valence-electron chi connectivity index (χ2n) is 5.31. The largest absolute Gasteiger partial charge is 0.460 e. The quantitative estimate of drug-likeness (QED) is 0.431. The van der Waals surface area contributed by atoms with Crippen molar-refractivity contribution in [1.29, 1.82) is 0 Å². The topological polar surface area (TPSA) is 138 Å². The molecule has 0 aliphatic carbocycles. The molecule has 1 atom stereocenters. The third-order valence-corrected chi connectivity index (χ3v) is 3.51. The van der Waals surface area contributed by atoms with Crippen molar-refractivity contribution < 1.29 is 19.4 Å². The zero-order valence-electron chi connectivity index (χ0n) is 13.8. The summed E-state index contributed by atoms with van der Waals surface area (Å²) in [5, 5.41) is 24.4. The number of nitro benzene ring substituents is 1. The van der Waals surface area contributed by atoms with E-state index in [1.807, 2.05) is 6.92 Å². The van der Waals surface area contributed by atoms with Crippen LogP contribution in [-0.4, -0.2) is 33.4 Å². The number of pyridine rings is 1. The van der Waals surface area contributed by atoms with Crippen molar-refractivity contribution >= 4 is 23.2 Å². The Kier molecular flexibility index (Phi) is 6.15. The summed E-state index contributed by atoms with van der Waals surface area (Å²) in [4.78, 5) is 36.2. The van der Waals surface area contributed by atoms with E-state index >= 15 is 0 Å². The minimum Gasteiger partial charge on any atom is -0.460 e. The SMILES string of the molecule is CCC(COC(=O)c1cccc([N+](=O)[O-])c1)Nc1ccc([N+](=O)[O-])cn1. The summed E-state index contributed by atoms with van der Waals surface area (Å²) in [7, 11) is 0. The maximum absolute atomic E-state index is 12.0. The molecule has 0 saturated heterocycles. The molecule has 2 aromatic rings. The van der Waals surface area contributed by atoms with E-state index in [2.05, 4.69) is 10.3 Å². The number of nitrogens with zero attached hydrogens (tertiary/aromatic N) is 3. The molecule has 136 valence electrons. The second kappa shape index (κ2) is 8.51. The standard InChI is InChI=1S/C16H16N4O6/c1-2-12(18-15-7-6-14(9-17-15)20(24)25)10-26-16(21)11-4-3-5-13(8-11)19(22)23/h3-9,12H,2,10H2,1H3,(H,17,18). The first-order valence-corrected chi connectivity index (χ1v) is 7.69. The first-order valence-electron chi connectivity index (χ1n) is 7.69. The lowest BCUT2D eigenvalue weighted by Crippen LogP contribution is -2.26. The highest BCUT2D eigenvalue weighted by Gasteiger charge is 2.15. The monoisotopic (exact) mass is 360 g/mol. The fourth-order valence-electron chi connectivity index (χ4n) is 2.06. The average molecular weight is 360 g/mol. The van der Waals surface area contributed by atoms with Gasteiger partial charge in [0.2, 0.25) is 0 Å². The summed E-state index contributed by atoms with van der Waals surface area (Å²) in [6.45, 7) is 1.88. The highest BCUT2D eigenvalue weighted by atomic mass is 16.6. The van der Waals surface area contributed by atoms with Gasteiger partial charge in [0.05, 0.1) is 21.5 Å². The first-order chi connectivity index (χ1) is 12.4. The van der Waals surface area contributed by atoms with E-state index in [1.54, 1.807) is 0 Å². The number of ether oxygens (including phenoxy) is 1. The Labute approximate surface area is 148 Å². The number of nitro groups is 2. The minimum atomic E-state index is -0.675. The van der Waals surface area contributed by atoms with Gasteiger partial charge < -0.3 is 10.1 Å². The van der Waals surface area contributed by atoms with Crippen LogP contribution in [0.2, 0.25) is 0 Å². The second-order valence-corrected chi connectivity index (χ2v) is 5.31. The van der Waals surface area contributed by atoms with Gasteiger partial charge in [-0.3, -0.25) is 20.2 Å². The molecular weight excluding hydrogens is 344 g/mol. The molecule has 0 fully saturated rings. The molecular formula is C16H16N4O6. The molecule has 1 aromatic heterocycles. The van der Waals surface area contributed by atoms with E-state index in [1.165, 1.54) is 30.3 Å². The highest BCUT2D eigenvalue weighted by molar-refractivity contribution is 5.90. The van der Waals surface area contributed by atoms with Gasteiger partial charge >= 0.3 is 5.97 Å². The van der Waals surface area contributed by atoms with Crippen LogP contribution in [0.4, 0.5) is 17.2 Å². The molecule has 1 N–H and O–H groups in total. The summed E-state index contributed by atoms with van der Waals surface area (Å²) in [5.74, 6) is -0.264. The molecule has 1 unspecified atom stereocenters. The molecule has 10 nitrogen and oxygen atoms in total. The minimum absolute atomic E-state index is 0.0106. The Morgan fingerprint density at radius 3 is 2.50 bits per heavy atom. The van der Waals surface area contributed by atoms with Crippen molar-refractivity contribution in [1.82, 2.24) is 4.98 Å². The van der Waals surface area contributed by atoms with Crippen molar-refractivity contribution in [2.24, 2.45) is 0 Å². The summed E-state index contributed by atoms with van der Waals surface area (Å²) in [5.41, 5.74) is -0.233. The number of carbonyl (C=O) groups excluding carboxylic acids is 1. The number of hydrogen-bond donors (Lipinski definition) is 1. The van der Waals surface area contributed by atoms with E-state index in [0.717, 1.165) is 12.3 Å². The number of rotatable bonds is 8. The zero-order chi connectivity index (χ0) is 19.1. The number of aromatic nitrogens is 1. The zero-order valence-corrected chi connectivity index (χ0v) is 13.8. The van der Waals surface area contributed by atoms with Crippen molar-refractivity contribution in [3.05, 3.63) is 68.4 Å². The van der Waals surface area contributed by atoms with Gasteiger partial charge in [-0.05, 0) is 18.6 Å². The normalized spacial score (nSPS) is 11.4. The van der Waals surface area contributed by atoms with Gasteiger partial charge in [0.1, 0.15) is 18.6 Å². The third-order valence-electron chi connectivity index (χ3n) is 3.51. The lowest BCUT2D eigenvalue weighted by molar-refractivity contribution is -0.385. The Hall–Kier alpha value is -3.56. The fourth-order valence-corrected chi connectivity index (χ4v) is 2.06. The Bertz CT molecular complexity index is 809. The van der Waals surface area contributed by atoms with E-state index < -0.39 is 15.8 Å². The smallest absolute Gasteiger partial charge is 0.338 e. The number of benzene rings is 1. The van der Waals surface area contributed by atoms with Crippen LogP contribution in [0.1, 0.15) is 23.7 Å². The lowest BCUT2D eigenvalue weighted by atomic mass is 10.2. The summed E-state index contributed by atoms with van der Waals surface area (Å²) >= 11 is 0. The summed E-state index contributed by atoms with van der Waals surface area (Å²) in [6.07, 6.45) is 1.73. The fraction of sp³-hybridized carbons (Fsp3) is 0.250. The molecule has 1 aromatic carbocycles. The van der Waals surface area contributed by atoms with E-state index in [9.17, 15) is 25.0 Å². The third kappa shape index (κ3) is 4.97. The van der Waals surface area contributed by atoms with E-state index in [4.69, 9.17) is 4.74 Å². The van der Waals surface area contributed by atoms with Gasteiger partial charge in [-0.1, -0.05) is 13.0 Å². The van der Waals surface area contributed by atoms with Crippen LogP contribution < -0.4 is 5.32 Å². The molecule has 0 saturated carbocycles. The number of non-ortho nitro benzene ring substituents is 1. The maximum atomic E-state index is 12.0. The van der Waals surface area contributed by atoms with Gasteiger partial charge in [0, 0.05) is 18.2 Å². The Morgan fingerprint density at radius 2 is 1.92 bits per heavy atom. The van der Waals surface area contributed by atoms with Crippen LogP contribution >= 0.6 is 0 Å². The predicted molar refractivity (Wildman–Crippen MR) is 92.0 cm³/mol. The summed E-state index contributed by atoms with van der Waals surface area (Å²) in [6, 6.07) is 7.78. The van der Waals surface area contributed by atoms with Gasteiger partial charge in [-0.15, -0.1) is 0 Å². The maximum Gasteiger partial charge on any atom is 0.338 e. The van der Waals surface area contributed by atoms with Gasteiger partial charge in [0.25, 0.3) is 11.4 Å². The summed E-state index contributed by atoms with van der Waals surface area (Å²) < 4.78 is 5.19. The van der Waals surface area contributed by atoms with E-state index in [-0.39, 0.29) is 29.6 Å².